The van der Waals surface area contributed by atoms with Crippen molar-refractivity contribution in [1.82, 2.24) is 5.32 Å². The summed E-state index contributed by atoms with van der Waals surface area (Å²) in [5, 5.41) is 12.6. The number of hydrogen-bond acceptors (Lipinski definition) is 3. The fourth-order valence-electron chi connectivity index (χ4n) is 2.45. The zero-order valence-electron chi connectivity index (χ0n) is 10.6. The van der Waals surface area contributed by atoms with E-state index in [2.05, 4.69) is 5.32 Å². The fourth-order valence-corrected chi connectivity index (χ4v) is 2.45. The van der Waals surface area contributed by atoms with Crippen LogP contribution in [0.5, 0.6) is 5.75 Å². The highest BCUT2D eigenvalue weighted by molar-refractivity contribution is 5.96. The number of hydrogen-bond donors (Lipinski definition) is 3. The van der Waals surface area contributed by atoms with E-state index in [0.717, 1.165) is 25.7 Å². The van der Waals surface area contributed by atoms with Crippen LogP contribution in [0.25, 0.3) is 0 Å². The molecule has 0 spiro atoms. The molecule has 0 bridgehead atoms. The molecule has 2 rings (SSSR count). The molecule has 1 aromatic carbocycles. The Kier molecular flexibility index (Phi) is 3.87. The second-order valence-electron chi connectivity index (χ2n) is 4.98. The number of phenols is 1. The minimum absolute atomic E-state index is 0.0420. The quantitative estimate of drug-likeness (QED) is 0.745. The predicted octanol–water partition coefficient (Wildman–Crippen LogP) is 1.70. The van der Waals surface area contributed by atoms with Gasteiger partial charge in [0.2, 0.25) is 0 Å². The van der Waals surface area contributed by atoms with Crippen molar-refractivity contribution in [2.24, 2.45) is 5.73 Å². The largest absolute Gasteiger partial charge is 0.508 e. The molecule has 1 saturated carbocycles. The van der Waals surface area contributed by atoms with Crippen molar-refractivity contribution in [3.8, 4) is 5.75 Å². The highest BCUT2D eigenvalue weighted by Crippen LogP contribution is 2.21. The average Bonchev–Trinajstić information content (AvgIpc) is 2.35. The summed E-state index contributed by atoms with van der Waals surface area (Å²) in [4.78, 5) is 12.2. The zero-order chi connectivity index (χ0) is 13.1. The maximum Gasteiger partial charge on any atom is 0.251 e. The molecule has 0 aromatic heterocycles. The number of carbonyl (C=O) groups is 1. The molecule has 0 radical (unpaired) electrons. The lowest BCUT2D eigenvalue weighted by atomic mass is 9.90. The Balaban J connectivity index is 2.09. The van der Waals surface area contributed by atoms with Gasteiger partial charge >= 0.3 is 0 Å². The minimum Gasteiger partial charge on any atom is -0.508 e. The topological polar surface area (TPSA) is 75.3 Å². The molecule has 1 amide bonds. The van der Waals surface area contributed by atoms with Crippen LogP contribution in [0.15, 0.2) is 18.2 Å². The number of rotatable bonds is 2. The maximum absolute atomic E-state index is 12.2. The van der Waals surface area contributed by atoms with Gasteiger partial charge in [-0.05, 0) is 31.9 Å². The van der Waals surface area contributed by atoms with Crippen LogP contribution in [0.3, 0.4) is 0 Å². The molecule has 0 saturated heterocycles. The molecule has 1 aromatic rings. The first-order chi connectivity index (χ1) is 8.59. The molecule has 4 N–H and O–H groups in total. The van der Waals surface area contributed by atoms with Crippen molar-refractivity contribution < 1.29 is 9.90 Å². The molecule has 1 aliphatic carbocycles. The van der Waals surface area contributed by atoms with Crippen LogP contribution in [0.4, 0.5) is 0 Å². The molecular weight excluding hydrogens is 228 g/mol. The summed E-state index contributed by atoms with van der Waals surface area (Å²) in [6.45, 7) is 1.74. The summed E-state index contributed by atoms with van der Waals surface area (Å²) in [5.74, 6) is 0.00124. The van der Waals surface area contributed by atoms with Gasteiger partial charge in [0.15, 0.2) is 0 Å². The Labute approximate surface area is 107 Å². The zero-order valence-corrected chi connectivity index (χ0v) is 10.6. The first kappa shape index (κ1) is 12.9. The molecule has 4 heteroatoms. The lowest BCUT2D eigenvalue weighted by Gasteiger charge is -2.29. The molecular formula is C14H20N2O2. The van der Waals surface area contributed by atoms with Gasteiger partial charge in [-0.3, -0.25) is 4.79 Å². The van der Waals surface area contributed by atoms with Crippen molar-refractivity contribution in [2.45, 2.75) is 44.7 Å². The lowest BCUT2D eigenvalue weighted by molar-refractivity contribution is 0.0920. The van der Waals surface area contributed by atoms with E-state index in [0.29, 0.717) is 11.1 Å². The van der Waals surface area contributed by atoms with Gasteiger partial charge in [-0.1, -0.05) is 18.9 Å². The van der Waals surface area contributed by atoms with Gasteiger partial charge in [0.05, 0.1) is 0 Å². The van der Waals surface area contributed by atoms with Gasteiger partial charge in [0.25, 0.3) is 5.91 Å². The molecule has 1 aliphatic rings. The first-order valence-electron chi connectivity index (χ1n) is 6.44. The Morgan fingerprint density at radius 3 is 2.83 bits per heavy atom. The number of aromatic hydroxyl groups is 1. The average molecular weight is 248 g/mol. The number of nitrogens with one attached hydrogen (secondary N) is 1. The Morgan fingerprint density at radius 2 is 2.11 bits per heavy atom. The van der Waals surface area contributed by atoms with Crippen LogP contribution in [-0.2, 0) is 0 Å². The van der Waals surface area contributed by atoms with E-state index in [9.17, 15) is 9.90 Å². The van der Waals surface area contributed by atoms with Gasteiger partial charge in [0, 0.05) is 23.2 Å². The summed E-state index contributed by atoms with van der Waals surface area (Å²) >= 11 is 0. The van der Waals surface area contributed by atoms with E-state index < -0.39 is 0 Å². The van der Waals surface area contributed by atoms with E-state index in [1.807, 2.05) is 0 Å². The third kappa shape index (κ3) is 2.64. The second kappa shape index (κ2) is 5.40. The normalized spacial score (nSPS) is 23.7. The Bertz CT molecular complexity index is 445. The smallest absolute Gasteiger partial charge is 0.251 e. The lowest BCUT2D eigenvalue weighted by Crippen LogP contribution is -2.49. The van der Waals surface area contributed by atoms with Crippen molar-refractivity contribution in [1.29, 1.82) is 0 Å². The number of nitrogens with two attached hydrogens (primary N) is 1. The molecule has 2 atom stereocenters. The fraction of sp³-hybridized carbons (Fsp3) is 0.500. The van der Waals surface area contributed by atoms with E-state index in [1.165, 1.54) is 0 Å². The van der Waals surface area contributed by atoms with Crippen molar-refractivity contribution in [2.75, 3.05) is 0 Å². The van der Waals surface area contributed by atoms with Crippen LogP contribution in [-0.4, -0.2) is 23.1 Å². The molecule has 1 fully saturated rings. The number of benzene rings is 1. The third-order valence-corrected chi connectivity index (χ3v) is 3.69. The number of carbonyl (C=O) groups excluding carboxylic acids is 1. The highest BCUT2D eigenvalue weighted by Gasteiger charge is 2.24. The van der Waals surface area contributed by atoms with E-state index in [4.69, 9.17) is 5.73 Å². The molecule has 0 aliphatic heterocycles. The monoisotopic (exact) mass is 248 g/mol. The van der Waals surface area contributed by atoms with Crippen LogP contribution >= 0.6 is 0 Å². The van der Waals surface area contributed by atoms with E-state index in [-0.39, 0.29) is 23.7 Å². The molecule has 4 nitrogen and oxygen atoms in total. The minimum atomic E-state index is -0.147. The van der Waals surface area contributed by atoms with Gasteiger partial charge < -0.3 is 16.2 Å². The molecule has 18 heavy (non-hydrogen) atoms. The molecule has 0 unspecified atom stereocenters. The summed E-state index contributed by atoms with van der Waals surface area (Å²) < 4.78 is 0. The van der Waals surface area contributed by atoms with Crippen molar-refractivity contribution in [3.05, 3.63) is 29.3 Å². The molecule has 0 heterocycles. The predicted molar refractivity (Wildman–Crippen MR) is 70.5 cm³/mol. The summed E-state index contributed by atoms with van der Waals surface area (Å²) in [6.07, 6.45) is 4.14. The Hall–Kier alpha value is -1.55. The summed E-state index contributed by atoms with van der Waals surface area (Å²) in [5.41, 5.74) is 7.14. The molecule has 98 valence electrons. The van der Waals surface area contributed by atoms with Gasteiger partial charge in [0.1, 0.15) is 5.75 Å². The van der Waals surface area contributed by atoms with Crippen molar-refractivity contribution >= 4 is 5.91 Å². The van der Waals surface area contributed by atoms with E-state index >= 15 is 0 Å². The van der Waals surface area contributed by atoms with Gasteiger partial charge in [-0.15, -0.1) is 0 Å². The third-order valence-electron chi connectivity index (χ3n) is 3.69. The van der Waals surface area contributed by atoms with E-state index in [1.54, 1.807) is 25.1 Å². The van der Waals surface area contributed by atoms with Gasteiger partial charge in [-0.25, -0.2) is 0 Å². The highest BCUT2D eigenvalue weighted by atomic mass is 16.3. The summed E-state index contributed by atoms with van der Waals surface area (Å²) in [7, 11) is 0. The number of amides is 1. The van der Waals surface area contributed by atoms with Crippen molar-refractivity contribution in [3.63, 3.8) is 0 Å². The second-order valence-corrected chi connectivity index (χ2v) is 4.98. The van der Waals surface area contributed by atoms with Gasteiger partial charge in [-0.2, -0.15) is 0 Å². The SMILES string of the molecule is Cc1c(O)cccc1C(=O)N[C@@H]1CCCC[C@H]1N. The van der Waals surface area contributed by atoms with Crippen LogP contribution in [0.1, 0.15) is 41.6 Å². The van der Waals surface area contributed by atoms with Crippen LogP contribution < -0.4 is 11.1 Å². The Morgan fingerprint density at radius 1 is 1.39 bits per heavy atom. The first-order valence-corrected chi connectivity index (χ1v) is 6.44. The standard InChI is InChI=1S/C14H20N2O2/c1-9-10(5-4-8-13(9)17)14(18)16-12-7-3-2-6-11(12)15/h4-5,8,11-12,17H,2-3,6-7,15H2,1H3,(H,16,18)/t11-,12-/m1/s1. The van der Waals surface area contributed by atoms with Crippen LogP contribution in [0.2, 0.25) is 0 Å². The summed E-state index contributed by atoms with van der Waals surface area (Å²) in [6, 6.07) is 5.07. The maximum atomic E-state index is 12.2. The number of phenolic OH excluding ortho intramolecular Hbond substituents is 1. The van der Waals surface area contributed by atoms with Crippen LogP contribution in [0, 0.1) is 6.92 Å².